The number of aliphatic imine (C=N–C) groups is 1. The first kappa shape index (κ1) is 8.38. The topological polar surface area (TPSA) is 87.0 Å². The molecule has 0 unspecified atom stereocenters. The predicted octanol–water partition coefficient (Wildman–Crippen LogP) is -0.853. The third kappa shape index (κ3) is 1.88. The van der Waals surface area contributed by atoms with E-state index >= 15 is 0 Å². The number of hydrogen-bond donors (Lipinski definition) is 1. The molecule has 12 heavy (non-hydrogen) atoms. The van der Waals surface area contributed by atoms with Crippen LogP contribution in [0.5, 0.6) is 0 Å². The van der Waals surface area contributed by atoms with E-state index in [1.165, 1.54) is 0 Å². The standard InChI is InChI=1S/C6H6N2O4/c9-4-1-7-6(12)8(2-4)3-5(10)11/h1H,2-3H2,(H,10,11). The highest BCUT2D eigenvalue weighted by Crippen LogP contribution is 1.97. The van der Waals surface area contributed by atoms with Crippen LogP contribution < -0.4 is 0 Å². The van der Waals surface area contributed by atoms with E-state index in [0.717, 1.165) is 11.1 Å². The molecule has 0 saturated heterocycles. The fourth-order valence-electron chi connectivity index (χ4n) is 0.792. The van der Waals surface area contributed by atoms with Crippen LogP contribution in [0.25, 0.3) is 0 Å². The first-order chi connectivity index (χ1) is 5.59. The van der Waals surface area contributed by atoms with Crippen LogP contribution in [0.4, 0.5) is 4.79 Å². The third-order valence-electron chi connectivity index (χ3n) is 1.26. The Hall–Kier alpha value is -1.72. The number of carbonyl (C=O) groups excluding carboxylic acids is 2. The number of carboxylic acid groups (broad SMARTS) is 1. The zero-order valence-electron chi connectivity index (χ0n) is 6.06. The van der Waals surface area contributed by atoms with Gasteiger partial charge in [-0.05, 0) is 0 Å². The number of urea groups is 1. The summed E-state index contributed by atoms with van der Waals surface area (Å²) in [5.74, 6) is -1.52. The van der Waals surface area contributed by atoms with Gasteiger partial charge in [-0.2, -0.15) is 4.99 Å². The van der Waals surface area contributed by atoms with E-state index in [1.807, 2.05) is 0 Å². The van der Waals surface area contributed by atoms with Gasteiger partial charge in [-0.15, -0.1) is 0 Å². The molecule has 0 aliphatic carbocycles. The summed E-state index contributed by atoms with van der Waals surface area (Å²) < 4.78 is 0. The number of amides is 2. The lowest BCUT2D eigenvalue weighted by atomic mass is 10.3. The van der Waals surface area contributed by atoms with Gasteiger partial charge >= 0.3 is 12.0 Å². The first-order valence-electron chi connectivity index (χ1n) is 3.17. The third-order valence-corrected chi connectivity index (χ3v) is 1.26. The van der Waals surface area contributed by atoms with E-state index in [0.29, 0.717) is 0 Å². The van der Waals surface area contributed by atoms with Gasteiger partial charge in [0.25, 0.3) is 0 Å². The van der Waals surface area contributed by atoms with Crippen molar-refractivity contribution < 1.29 is 19.5 Å². The number of hydrogen-bond acceptors (Lipinski definition) is 3. The van der Waals surface area contributed by atoms with Crippen LogP contribution in [0.1, 0.15) is 0 Å². The average Bonchev–Trinajstić information content (AvgIpc) is 1.96. The normalized spacial score (nSPS) is 16.8. The summed E-state index contributed by atoms with van der Waals surface area (Å²) in [7, 11) is 0. The molecule has 0 spiro atoms. The van der Waals surface area contributed by atoms with Gasteiger partial charge in [0.15, 0.2) is 5.78 Å². The molecule has 0 bridgehead atoms. The maximum Gasteiger partial charge on any atom is 0.344 e. The predicted molar refractivity (Wildman–Crippen MR) is 38.1 cm³/mol. The van der Waals surface area contributed by atoms with Crippen LogP contribution in [0, 0.1) is 0 Å². The summed E-state index contributed by atoms with van der Waals surface area (Å²) in [6.45, 7) is -0.684. The van der Waals surface area contributed by atoms with Gasteiger partial charge in [-0.1, -0.05) is 0 Å². The Bertz CT molecular complexity index is 271. The molecule has 0 aromatic heterocycles. The number of Topliss-reactive ketones (excluding diaryl/α,β-unsaturated/α-hetero) is 1. The molecule has 1 heterocycles. The molecule has 0 aromatic carbocycles. The lowest BCUT2D eigenvalue weighted by Crippen LogP contribution is -2.41. The van der Waals surface area contributed by atoms with E-state index in [4.69, 9.17) is 5.11 Å². The van der Waals surface area contributed by atoms with Crippen molar-refractivity contribution in [3.63, 3.8) is 0 Å². The minimum Gasteiger partial charge on any atom is -0.480 e. The Morgan fingerprint density at radius 2 is 2.33 bits per heavy atom. The van der Waals surface area contributed by atoms with Gasteiger partial charge < -0.3 is 10.0 Å². The Labute approximate surface area is 67.5 Å². The van der Waals surface area contributed by atoms with Gasteiger partial charge in [-0.3, -0.25) is 9.59 Å². The number of ketones is 1. The van der Waals surface area contributed by atoms with E-state index < -0.39 is 18.5 Å². The summed E-state index contributed by atoms with van der Waals surface area (Å²) >= 11 is 0. The van der Waals surface area contributed by atoms with Crippen molar-refractivity contribution in [1.29, 1.82) is 0 Å². The van der Waals surface area contributed by atoms with Crippen molar-refractivity contribution in [3.8, 4) is 0 Å². The Kier molecular flexibility index (Phi) is 2.18. The second-order valence-electron chi connectivity index (χ2n) is 2.26. The summed E-state index contributed by atoms with van der Waals surface area (Å²) in [6.07, 6.45) is 0.903. The van der Waals surface area contributed by atoms with E-state index in [9.17, 15) is 14.4 Å². The summed E-state index contributed by atoms with van der Waals surface area (Å²) in [5.41, 5.74) is 0. The van der Waals surface area contributed by atoms with Gasteiger partial charge in [0.05, 0.1) is 12.8 Å². The lowest BCUT2D eigenvalue weighted by Gasteiger charge is -2.18. The second kappa shape index (κ2) is 3.12. The van der Waals surface area contributed by atoms with E-state index in [-0.39, 0.29) is 12.3 Å². The first-order valence-corrected chi connectivity index (χ1v) is 3.17. The number of nitrogens with zero attached hydrogens (tertiary/aromatic N) is 2. The van der Waals surface area contributed by atoms with E-state index in [2.05, 4.69) is 4.99 Å². The number of carboxylic acids is 1. The molecular weight excluding hydrogens is 164 g/mol. The van der Waals surface area contributed by atoms with Crippen molar-refractivity contribution in [2.24, 2.45) is 4.99 Å². The minimum atomic E-state index is -1.16. The lowest BCUT2D eigenvalue weighted by molar-refractivity contribution is -0.137. The molecule has 6 heteroatoms. The minimum absolute atomic E-state index is 0.200. The molecule has 0 atom stereocenters. The monoisotopic (exact) mass is 170 g/mol. The molecule has 6 nitrogen and oxygen atoms in total. The van der Waals surface area contributed by atoms with E-state index in [1.54, 1.807) is 0 Å². The Morgan fingerprint density at radius 1 is 1.67 bits per heavy atom. The summed E-state index contributed by atoms with van der Waals surface area (Å²) in [5, 5.41) is 8.31. The van der Waals surface area contributed by atoms with Crippen molar-refractivity contribution in [2.75, 3.05) is 13.1 Å². The molecule has 1 aliphatic heterocycles. The van der Waals surface area contributed by atoms with Gasteiger partial charge in [0.2, 0.25) is 0 Å². The van der Waals surface area contributed by atoms with Crippen molar-refractivity contribution in [2.45, 2.75) is 0 Å². The zero-order chi connectivity index (χ0) is 9.14. The smallest absolute Gasteiger partial charge is 0.344 e. The molecule has 0 fully saturated rings. The van der Waals surface area contributed by atoms with Crippen molar-refractivity contribution >= 4 is 24.0 Å². The van der Waals surface area contributed by atoms with Gasteiger partial charge in [-0.25, -0.2) is 4.79 Å². The van der Waals surface area contributed by atoms with Crippen LogP contribution in [0.3, 0.4) is 0 Å². The molecule has 64 valence electrons. The Morgan fingerprint density at radius 3 is 2.92 bits per heavy atom. The van der Waals surface area contributed by atoms with Gasteiger partial charge in [0.1, 0.15) is 6.54 Å². The molecule has 1 rings (SSSR count). The molecular formula is C6H6N2O4. The highest BCUT2D eigenvalue weighted by Gasteiger charge is 2.21. The fraction of sp³-hybridized carbons (Fsp3) is 0.333. The van der Waals surface area contributed by atoms with Crippen LogP contribution in [0.2, 0.25) is 0 Å². The highest BCUT2D eigenvalue weighted by atomic mass is 16.4. The molecule has 0 radical (unpaired) electrons. The highest BCUT2D eigenvalue weighted by molar-refractivity contribution is 6.32. The van der Waals surface area contributed by atoms with Gasteiger partial charge in [0, 0.05) is 0 Å². The molecule has 1 aliphatic rings. The second-order valence-corrected chi connectivity index (χ2v) is 2.26. The van der Waals surface area contributed by atoms with Crippen LogP contribution in [0.15, 0.2) is 4.99 Å². The zero-order valence-corrected chi connectivity index (χ0v) is 6.06. The summed E-state index contributed by atoms with van der Waals surface area (Å²) in [6, 6.07) is -0.683. The maximum atomic E-state index is 10.8. The quantitative estimate of drug-likeness (QED) is 0.584. The molecule has 1 N–H and O–H groups in total. The van der Waals surface area contributed by atoms with Crippen LogP contribution in [-0.2, 0) is 9.59 Å². The number of rotatable bonds is 2. The van der Waals surface area contributed by atoms with Crippen molar-refractivity contribution in [1.82, 2.24) is 4.90 Å². The van der Waals surface area contributed by atoms with Crippen LogP contribution in [-0.4, -0.2) is 47.1 Å². The fourth-order valence-corrected chi connectivity index (χ4v) is 0.792. The number of carbonyl (C=O) groups is 3. The Balaban J connectivity index is 2.66. The van der Waals surface area contributed by atoms with Crippen molar-refractivity contribution in [3.05, 3.63) is 0 Å². The molecule has 0 saturated carbocycles. The molecule has 0 aromatic rings. The average molecular weight is 170 g/mol. The number of aliphatic carboxylic acids is 1. The SMILES string of the molecule is O=C(O)CN1CC(=O)C=NC1=O. The maximum absolute atomic E-state index is 10.8. The largest absolute Gasteiger partial charge is 0.480 e. The molecule has 2 amide bonds. The summed E-state index contributed by atoms with van der Waals surface area (Å²) in [4.78, 5) is 35.7. The van der Waals surface area contributed by atoms with Crippen LogP contribution >= 0.6 is 0 Å².